The maximum Gasteiger partial charge on any atom is 0.341 e. The van der Waals surface area contributed by atoms with Gasteiger partial charge in [0.05, 0.1) is 12.5 Å². The molecule has 0 bridgehead atoms. The molecule has 1 aromatic heterocycles. The number of piperidine rings is 1. The standard InChI is InChI=1S/C24H31N3O7S/c1-5-27-15(3)21(24(29)32-6-2)22(16(27)4)35(30,31)26-11-7-8-17(13-26)23(28)25-18-9-10-19-20(12-18)34-14-33-19/h9-10,12,17H,5-8,11,13-14H2,1-4H3,(H,25,28)/t17-/m1/s1. The van der Waals surface area contributed by atoms with Gasteiger partial charge in [-0.1, -0.05) is 0 Å². The van der Waals surface area contributed by atoms with E-state index in [1.165, 1.54) is 4.31 Å². The van der Waals surface area contributed by atoms with E-state index >= 15 is 0 Å². The highest BCUT2D eigenvalue weighted by atomic mass is 32.2. The van der Waals surface area contributed by atoms with Gasteiger partial charge in [-0.2, -0.15) is 4.31 Å². The molecule has 1 atom stereocenters. The van der Waals surface area contributed by atoms with Crippen molar-refractivity contribution in [1.29, 1.82) is 0 Å². The number of benzene rings is 1. The summed E-state index contributed by atoms with van der Waals surface area (Å²) in [5, 5.41) is 2.86. The first kappa shape index (κ1) is 25.1. The highest BCUT2D eigenvalue weighted by Gasteiger charge is 2.39. The van der Waals surface area contributed by atoms with Crippen LogP contribution in [0, 0.1) is 19.8 Å². The molecule has 2 aliphatic heterocycles. The maximum absolute atomic E-state index is 13.8. The van der Waals surface area contributed by atoms with Crippen molar-refractivity contribution >= 4 is 27.6 Å². The summed E-state index contributed by atoms with van der Waals surface area (Å²) >= 11 is 0. The molecule has 2 aliphatic rings. The first-order valence-electron chi connectivity index (χ1n) is 11.8. The minimum Gasteiger partial charge on any atom is -0.462 e. The van der Waals surface area contributed by atoms with Crippen molar-refractivity contribution in [2.75, 3.05) is 31.8 Å². The monoisotopic (exact) mass is 505 g/mol. The Morgan fingerprint density at radius 3 is 2.60 bits per heavy atom. The fourth-order valence-electron chi connectivity index (χ4n) is 4.81. The summed E-state index contributed by atoms with van der Waals surface area (Å²) < 4.78 is 46.6. The number of rotatable bonds is 7. The summed E-state index contributed by atoms with van der Waals surface area (Å²) in [6.07, 6.45) is 1.08. The number of sulfonamides is 1. The molecule has 0 unspecified atom stereocenters. The average molecular weight is 506 g/mol. The maximum atomic E-state index is 13.8. The lowest BCUT2D eigenvalue weighted by Gasteiger charge is -2.31. The third-order valence-corrected chi connectivity index (χ3v) is 8.54. The number of amides is 1. The SMILES string of the molecule is CCOC(=O)c1c(S(=O)(=O)N2CCC[C@@H](C(=O)Nc3ccc4c(c3)OCO4)C2)c(C)n(CC)c1C. The largest absolute Gasteiger partial charge is 0.462 e. The van der Waals surface area contributed by atoms with E-state index in [0.717, 1.165) is 0 Å². The molecule has 1 aromatic carbocycles. The van der Waals surface area contributed by atoms with Crippen molar-refractivity contribution in [2.45, 2.75) is 52.0 Å². The van der Waals surface area contributed by atoms with E-state index < -0.39 is 21.9 Å². The van der Waals surface area contributed by atoms with Gasteiger partial charge < -0.3 is 24.1 Å². The van der Waals surface area contributed by atoms with Crippen LogP contribution in [-0.2, 0) is 26.1 Å². The minimum absolute atomic E-state index is 0.0246. The number of hydrogen-bond donors (Lipinski definition) is 1. The number of nitrogens with one attached hydrogen (secondary N) is 1. The van der Waals surface area contributed by atoms with Crippen LogP contribution in [-0.4, -0.2) is 55.7 Å². The Bertz CT molecular complexity index is 1250. The van der Waals surface area contributed by atoms with Gasteiger partial charge in [-0.05, 0) is 52.7 Å². The fraction of sp³-hybridized carbons (Fsp3) is 0.500. The Kier molecular flexibility index (Phi) is 7.09. The molecule has 11 heteroatoms. The Balaban J connectivity index is 1.58. The lowest BCUT2D eigenvalue weighted by atomic mass is 9.98. The number of carbonyl (C=O) groups excluding carboxylic acids is 2. The number of aromatic nitrogens is 1. The van der Waals surface area contributed by atoms with Crippen LogP contribution in [0.2, 0.25) is 0 Å². The molecule has 1 saturated heterocycles. The second-order valence-electron chi connectivity index (χ2n) is 8.60. The summed E-state index contributed by atoms with van der Waals surface area (Å²) in [6, 6.07) is 5.12. The molecular formula is C24H31N3O7S. The molecule has 0 aliphatic carbocycles. The second-order valence-corrected chi connectivity index (χ2v) is 10.5. The van der Waals surface area contributed by atoms with Gasteiger partial charge in [0.1, 0.15) is 10.5 Å². The first-order chi connectivity index (χ1) is 16.7. The van der Waals surface area contributed by atoms with Gasteiger partial charge in [-0.15, -0.1) is 0 Å². The van der Waals surface area contributed by atoms with E-state index in [9.17, 15) is 18.0 Å². The highest BCUT2D eigenvalue weighted by Crippen LogP contribution is 2.35. The zero-order valence-electron chi connectivity index (χ0n) is 20.4. The number of fused-ring (bicyclic) bond motifs is 1. The lowest BCUT2D eigenvalue weighted by molar-refractivity contribution is -0.120. The van der Waals surface area contributed by atoms with Crippen molar-refractivity contribution in [3.05, 3.63) is 35.2 Å². The van der Waals surface area contributed by atoms with E-state index in [1.54, 1.807) is 43.5 Å². The molecule has 1 N–H and O–H groups in total. The molecule has 1 fully saturated rings. The third-order valence-electron chi connectivity index (χ3n) is 6.52. The Morgan fingerprint density at radius 2 is 1.89 bits per heavy atom. The summed E-state index contributed by atoms with van der Waals surface area (Å²) in [6.45, 7) is 8.07. The number of esters is 1. The predicted molar refractivity (Wildman–Crippen MR) is 128 cm³/mol. The smallest absolute Gasteiger partial charge is 0.341 e. The van der Waals surface area contributed by atoms with E-state index in [4.69, 9.17) is 14.2 Å². The van der Waals surface area contributed by atoms with Crippen molar-refractivity contribution in [1.82, 2.24) is 8.87 Å². The molecule has 0 radical (unpaired) electrons. The van der Waals surface area contributed by atoms with Crippen molar-refractivity contribution in [2.24, 2.45) is 5.92 Å². The Labute approximate surface area is 205 Å². The van der Waals surface area contributed by atoms with Gasteiger partial charge >= 0.3 is 5.97 Å². The normalized spacial score (nSPS) is 17.9. The van der Waals surface area contributed by atoms with Crippen LogP contribution in [0.25, 0.3) is 0 Å². The zero-order chi connectivity index (χ0) is 25.3. The number of nitrogens with zero attached hydrogens (tertiary/aromatic N) is 2. The van der Waals surface area contributed by atoms with Crippen LogP contribution < -0.4 is 14.8 Å². The molecule has 190 valence electrons. The van der Waals surface area contributed by atoms with Crippen LogP contribution in [0.4, 0.5) is 5.69 Å². The average Bonchev–Trinajstić information content (AvgIpc) is 3.40. The Hall–Kier alpha value is -3.05. The van der Waals surface area contributed by atoms with E-state index in [2.05, 4.69) is 5.32 Å². The van der Waals surface area contributed by atoms with Crippen molar-refractivity contribution in [3.63, 3.8) is 0 Å². The minimum atomic E-state index is -4.05. The van der Waals surface area contributed by atoms with E-state index in [-0.39, 0.29) is 42.9 Å². The summed E-state index contributed by atoms with van der Waals surface area (Å²) in [7, 11) is -4.05. The number of ether oxygens (including phenoxy) is 3. The molecule has 2 aromatic rings. The van der Waals surface area contributed by atoms with Crippen LogP contribution in [0.1, 0.15) is 48.4 Å². The van der Waals surface area contributed by atoms with Crippen LogP contribution in [0.3, 0.4) is 0 Å². The summed E-state index contributed by atoms with van der Waals surface area (Å²) in [4.78, 5) is 25.7. The van der Waals surface area contributed by atoms with Gasteiger partial charge in [0.25, 0.3) is 0 Å². The topological polar surface area (TPSA) is 116 Å². The lowest BCUT2D eigenvalue weighted by Crippen LogP contribution is -2.44. The third kappa shape index (κ3) is 4.62. The highest BCUT2D eigenvalue weighted by molar-refractivity contribution is 7.89. The number of anilines is 1. The zero-order valence-corrected chi connectivity index (χ0v) is 21.2. The molecule has 35 heavy (non-hydrogen) atoms. The molecule has 1 amide bonds. The van der Waals surface area contributed by atoms with Crippen LogP contribution in [0.5, 0.6) is 11.5 Å². The molecule has 0 spiro atoms. The molecule has 0 saturated carbocycles. The van der Waals surface area contributed by atoms with E-state index in [0.29, 0.717) is 48.0 Å². The van der Waals surface area contributed by atoms with Crippen LogP contribution >= 0.6 is 0 Å². The summed E-state index contributed by atoms with van der Waals surface area (Å²) in [5.74, 6) is -0.306. The molecular weight excluding hydrogens is 474 g/mol. The first-order valence-corrected chi connectivity index (χ1v) is 13.2. The molecule has 3 heterocycles. The summed E-state index contributed by atoms with van der Waals surface area (Å²) in [5.41, 5.74) is 1.66. The van der Waals surface area contributed by atoms with Gasteiger partial charge in [-0.3, -0.25) is 4.79 Å². The van der Waals surface area contributed by atoms with Crippen LogP contribution in [0.15, 0.2) is 23.1 Å². The quantitative estimate of drug-likeness (QED) is 0.575. The molecule has 10 nitrogen and oxygen atoms in total. The van der Waals surface area contributed by atoms with Crippen molar-refractivity contribution in [3.8, 4) is 11.5 Å². The predicted octanol–water partition coefficient (Wildman–Crippen LogP) is 3.07. The van der Waals surface area contributed by atoms with Gasteiger partial charge in [0.2, 0.25) is 22.7 Å². The van der Waals surface area contributed by atoms with Gasteiger partial charge in [0.15, 0.2) is 11.5 Å². The Morgan fingerprint density at radius 1 is 1.14 bits per heavy atom. The molecule has 4 rings (SSSR count). The van der Waals surface area contributed by atoms with E-state index in [1.807, 2.05) is 6.92 Å². The van der Waals surface area contributed by atoms with Gasteiger partial charge in [-0.25, -0.2) is 13.2 Å². The second kappa shape index (κ2) is 9.90. The van der Waals surface area contributed by atoms with Gasteiger partial charge in [0, 0.05) is 42.8 Å². The van der Waals surface area contributed by atoms with Crippen molar-refractivity contribution < 1.29 is 32.2 Å². The number of carbonyl (C=O) groups is 2. The number of hydrogen-bond acceptors (Lipinski definition) is 7. The fourth-order valence-corrected chi connectivity index (χ4v) is 6.79.